The zero-order valence-electron chi connectivity index (χ0n) is 17.5. The van der Waals surface area contributed by atoms with Gasteiger partial charge >= 0.3 is 0 Å². The molecule has 164 valence electrons. The molecule has 3 fully saturated rings. The Morgan fingerprint density at radius 3 is 2.13 bits per heavy atom. The van der Waals surface area contributed by atoms with Crippen LogP contribution in [-0.4, -0.2) is 85.0 Å². The Balaban J connectivity index is 1.22. The summed E-state index contributed by atoms with van der Waals surface area (Å²) < 4.78 is 5.36. The number of carbonyl (C=O) groups excluding carboxylic acids is 2. The summed E-state index contributed by atoms with van der Waals surface area (Å²) >= 11 is 6.44. The van der Waals surface area contributed by atoms with E-state index in [1.54, 1.807) is 0 Å². The number of halogens is 1. The molecule has 3 aliphatic rings. The first kappa shape index (κ1) is 21.6. The van der Waals surface area contributed by atoms with Gasteiger partial charge in [0.1, 0.15) is 5.38 Å². The summed E-state index contributed by atoms with van der Waals surface area (Å²) in [7, 11) is 0. The van der Waals surface area contributed by atoms with Crippen LogP contribution in [0.2, 0.25) is 0 Å². The van der Waals surface area contributed by atoms with Crippen LogP contribution in [0.15, 0.2) is 30.3 Å². The van der Waals surface area contributed by atoms with Crippen LogP contribution in [0.25, 0.3) is 0 Å². The molecule has 0 N–H and O–H groups in total. The quantitative estimate of drug-likeness (QED) is 0.685. The van der Waals surface area contributed by atoms with E-state index in [9.17, 15) is 9.59 Å². The van der Waals surface area contributed by atoms with Crippen molar-refractivity contribution >= 4 is 23.4 Å². The molecule has 30 heavy (non-hydrogen) atoms. The molecule has 0 bridgehead atoms. The molecule has 3 heterocycles. The van der Waals surface area contributed by atoms with Crippen LogP contribution < -0.4 is 0 Å². The fraction of sp³-hybridized carbons (Fsp3) is 0.652. The summed E-state index contributed by atoms with van der Waals surface area (Å²) in [6, 6.07) is 10.1. The standard InChI is InChI=1S/C23H32ClN3O3/c24-21(18-4-2-1-3-5-18)23(29)26-12-8-20(9-13-26)25-10-6-19(7-11-25)22(28)27-14-16-30-17-15-27/h1-5,19-21H,6-17H2. The Bertz CT molecular complexity index is 710. The molecule has 1 unspecified atom stereocenters. The van der Waals surface area contributed by atoms with E-state index >= 15 is 0 Å². The fourth-order valence-electron chi connectivity index (χ4n) is 4.93. The van der Waals surface area contributed by atoms with E-state index in [1.807, 2.05) is 40.1 Å². The lowest BCUT2D eigenvalue weighted by atomic mass is 9.92. The molecular formula is C23H32ClN3O3. The van der Waals surface area contributed by atoms with Crippen LogP contribution >= 0.6 is 11.6 Å². The van der Waals surface area contributed by atoms with Crippen molar-refractivity contribution in [1.29, 1.82) is 0 Å². The van der Waals surface area contributed by atoms with Crippen LogP contribution in [0.3, 0.4) is 0 Å². The van der Waals surface area contributed by atoms with Crippen molar-refractivity contribution in [2.45, 2.75) is 37.1 Å². The van der Waals surface area contributed by atoms with Crippen molar-refractivity contribution in [3.05, 3.63) is 35.9 Å². The van der Waals surface area contributed by atoms with E-state index in [0.29, 0.717) is 25.2 Å². The molecule has 6 nitrogen and oxygen atoms in total. The minimum Gasteiger partial charge on any atom is -0.378 e. The number of hydrogen-bond donors (Lipinski definition) is 0. The maximum Gasteiger partial charge on any atom is 0.245 e. The number of carbonyl (C=O) groups is 2. The van der Waals surface area contributed by atoms with Crippen LogP contribution in [0.5, 0.6) is 0 Å². The fourth-order valence-corrected chi connectivity index (χ4v) is 5.21. The van der Waals surface area contributed by atoms with Gasteiger partial charge in [-0.3, -0.25) is 9.59 Å². The van der Waals surface area contributed by atoms with Gasteiger partial charge in [-0.1, -0.05) is 30.3 Å². The molecule has 0 aliphatic carbocycles. The van der Waals surface area contributed by atoms with Crippen LogP contribution in [0.1, 0.15) is 36.6 Å². The molecule has 1 aromatic rings. The van der Waals surface area contributed by atoms with Gasteiger partial charge < -0.3 is 19.4 Å². The summed E-state index contributed by atoms with van der Waals surface area (Å²) in [5.41, 5.74) is 0.860. The molecule has 2 amide bonds. The number of benzene rings is 1. The first-order valence-corrected chi connectivity index (χ1v) is 11.7. The highest BCUT2D eigenvalue weighted by molar-refractivity contribution is 6.30. The second-order valence-electron chi connectivity index (χ2n) is 8.58. The summed E-state index contributed by atoms with van der Waals surface area (Å²) in [6.07, 6.45) is 3.83. The highest BCUT2D eigenvalue weighted by atomic mass is 35.5. The third kappa shape index (κ3) is 4.98. The summed E-state index contributed by atoms with van der Waals surface area (Å²) in [4.78, 5) is 31.9. The van der Waals surface area contributed by atoms with Gasteiger partial charge in [0, 0.05) is 38.1 Å². The number of piperidine rings is 2. The summed E-state index contributed by atoms with van der Waals surface area (Å²) in [5, 5.41) is -0.607. The van der Waals surface area contributed by atoms with Crippen molar-refractivity contribution in [2.75, 3.05) is 52.5 Å². The topological polar surface area (TPSA) is 53.1 Å². The Hall–Kier alpha value is -1.63. The lowest BCUT2D eigenvalue weighted by molar-refractivity contribution is -0.141. The van der Waals surface area contributed by atoms with Crippen molar-refractivity contribution in [2.24, 2.45) is 5.92 Å². The molecule has 3 saturated heterocycles. The number of rotatable bonds is 4. The van der Waals surface area contributed by atoms with Gasteiger partial charge in [-0.15, -0.1) is 11.6 Å². The number of alkyl halides is 1. The number of morpholine rings is 1. The SMILES string of the molecule is O=C(C1CCN(C2CCN(C(=O)C(Cl)c3ccccc3)CC2)CC1)N1CCOCC1. The predicted octanol–water partition coefficient (Wildman–Crippen LogP) is 2.53. The zero-order valence-corrected chi connectivity index (χ0v) is 18.3. The van der Waals surface area contributed by atoms with Crippen LogP contribution in [0.4, 0.5) is 0 Å². The van der Waals surface area contributed by atoms with Crippen molar-refractivity contribution in [1.82, 2.24) is 14.7 Å². The Morgan fingerprint density at radius 1 is 0.867 bits per heavy atom. The maximum absolute atomic E-state index is 12.8. The average molecular weight is 434 g/mol. The van der Waals surface area contributed by atoms with Crippen LogP contribution in [-0.2, 0) is 14.3 Å². The molecule has 3 aliphatic heterocycles. The first-order chi connectivity index (χ1) is 14.6. The largest absolute Gasteiger partial charge is 0.378 e. The van der Waals surface area contributed by atoms with Gasteiger partial charge in [0.2, 0.25) is 11.8 Å². The first-order valence-electron chi connectivity index (χ1n) is 11.2. The Kier molecular flexibility index (Phi) is 7.28. The second kappa shape index (κ2) is 10.1. The highest BCUT2D eigenvalue weighted by Crippen LogP contribution is 2.28. The number of amides is 2. The van der Waals surface area contributed by atoms with E-state index in [0.717, 1.165) is 70.5 Å². The number of hydrogen-bond acceptors (Lipinski definition) is 4. The lowest BCUT2D eigenvalue weighted by Gasteiger charge is -2.42. The van der Waals surface area contributed by atoms with Gasteiger partial charge in [0.25, 0.3) is 0 Å². The van der Waals surface area contributed by atoms with Gasteiger partial charge in [0.15, 0.2) is 0 Å². The van der Waals surface area contributed by atoms with Gasteiger partial charge in [-0.2, -0.15) is 0 Å². The van der Waals surface area contributed by atoms with E-state index in [4.69, 9.17) is 16.3 Å². The Labute approximate surface area is 184 Å². The zero-order chi connectivity index (χ0) is 20.9. The molecular weight excluding hydrogens is 402 g/mol. The number of ether oxygens (including phenoxy) is 1. The van der Waals surface area contributed by atoms with E-state index < -0.39 is 5.38 Å². The average Bonchev–Trinajstić information content (AvgIpc) is 2.84. The van der Waals surface area contributed by atoms with Gasteiger partial charge in [0.05, 0.1) is 13.2 Å². The molecule has 0 aromatic heterocycles. The maximum atomic E-state index is 12.8. The molecule has 1 aromatic carbocycles. The molecule has 7 heteroatoms. The van der Waals surface area contributed by atoms with Crippen molar-refractivity contribution in [3.63, 3.8) is 0 Å². The lowest BCUT2D eigenvalue weighted by Crippen LogP contribution is -2.51. The van der Waals surface area contributed by atoms with Crippen LogP contribution in [0, 0.1) is 5.92 Å². The minimum absolute atomic E-state index is 0.0103. The molecule has 4 rings (SSSR count). The van der Waals surface area contributed by atoms with E-state index in [1.165, 1.54) is 0 Å². The van der Waals surface area contributed by atoms with Crippen molar-refractivity contribution in [3.8, 4) is 0 Å². The third-order valence-electron chi connectivity index (χ3n) is 6.80. The monoisotopic (exact) mass is 433 g/mol. The Morgan fingerprint density at radius 2 is 1.50 bits per heavy atom. The second-order valence-corrected chi connectivity index (χ2v) is 9.01. The minimum atomic E-state index is -0.607. The van der Waals surface area contributed by atoms with Gasteiger partial charge in [-0.25, -0.2) is 0 Å². The highest BCUT2D eigenvalue weighted by Gasteiger charge is 2.34. The van der Waals surface area contributed by atoms with Crippen molar-refractivity contribution < 1.29 is 14.3 Å². The number of likely N-dealkylation sites (tertiary alicyclic amines) is 2. The van der Waals surface area contributed by atoms with E-state index in [-0.39, 0.29) is 11.8 Å². The third-order valence-corrected chi connectivity index (χ3v) is 7.24. The molecule has 0 saturated carbocycles. The normalized spacial score (nSPS) is 23.4. The van der Waals surface area contributed by atoms with E-state index in [2.05, 4.69) is 4.90 Å². The number of nitrogens with zero attached hydrogens (tertiary/aromatic N) is 3. The molecule has 0 radical (unpaired) electrons. The predicted molar refractivity (Wildman–Crippen MR) is 116 cm³/mol. The summed E-state index contributed by atoms with van der Waals surface area (Å²) in [5.74, 6) is 0.479. The smallest absolute Gasteiger partial charge is 0.245 e. The molecule has 0 spiro atoms. The van der Waals surface area contributed by atoms with Gasteiger partial charge in [-0.05, 0) is 44.3 Å². The molecule has 1 atom stereocenters. The summed E-state index contributed by atoms with van der Waals surface area (Å²) in [6.45, 7) is 6.25.